The molecular weight excluding hydrogens is 276 g/mol. The third-order valence-electron chi connectivity index (χ3n) is 2.47. The highest BCUT2D eigenvalue weighted by atomic mass is 32.1. The lowest BCUT2D eigenvalue weighted by Crippen LogP contribution is -2.21. The Morgan fingerprint density at radius 1 is 1.30 bits per heavy atom. The van der Waals surface area contributed by atoms with Crippen LogP contribution in [0.15, 0.2) is 42.1 Å². The van der Waals surface area contributed by atoms with Crippen LogP contribution >= 0.6 is 12.2 Å². The number of hydrogen-bond donors (Lipinski definition) is 2. The maximum atomic E-state index is 11.5. The Bertz CT molecular complexity index is 632. The molecule has 1 aliphatic rings. The van der Waals surface area contributed by atoms with Gasteiger partial charge in [-0.2, -0.15) is 0 Å². The zero-order valence-electron chi connectivity index (χ0n) is 10.7. The van der Waals surface area contributed by atoms with Crippen LogP contribution in [0.25, 0.3) is 6.08 Å². The quantitative estimate of drug-likeness (QED) is 0.382. The lowest BCUT2D eigenvalue weighted by Gasteiger charge is -2.04. The van der Waals surface area contributed by atoms with Crippen LogP contribution in [0.1, 0.15) is 12.5 Å². The fraction of sp³-hybridized carbons (Fsp3) is 0.0714. The van der Waals surface area contributed by atoms with Crippen LogP contribution in [-0.2, 0) is 9.59 Å². The summed E-state index contributed by atoms with van der Waals surface area (Å²) in [6, 6.07) is 6.73. The summed E-state index contributed by atoms with van der Waals surface area (Å²) in [5.74, 6) is -0.328. The van der Waals surface area contributed by atoms with Crippen LogP contribution in [0.5, 0.6) is 5.75 Å². The summed E-state index contributed by atoms with van der Waals surface area (Å²) in [5.41, 5.74) is 1.49. The van der Waals surface area contributed by atoms with Gasteiger partial charge in [-0.25, -0.2) is 4.79 Å². The van der Waals surface area contributed by atoms with Gasteiger partial charge in [0.05, 0.1) is 0 Å². The predicted molar refractivity (Wildman–Crippen MR) is 78.7 cm³/mol. The second kappa shape index (κ2) is 5.66. The standard InChI is InChI=1S/C14H12N2O3S/c1-8(2)13(18)19-10-5-3-9(4-6-10)7-11-12(17)16-14(20)15-11/h3-7H,1H2,2H3,(H2,15,16,17,20)/b11-7+. The highest BCUT2D eigenvalue weighted by molar-refractivity contribution is 7.80. The molecule has 1 fully saturated rings. The molecule has 0 bridgehead atoms. The number of amides is 1. The predicted octanol–water partition coefficient (Wildman–Crippen LogP) is 1.51. The molecule has 1 aliphatic heterocycles. The number of carbonyl (C=O) groups is 2. The molecule has 2 rings (SSSR count). The molecule has 102 valence electrons. The number of esters is 1. The van der Waals surface area contributed by atoms with E-state index in [1.54, 1.807) is 37.3 Å². The molecule has 0 radical (unpaired) electrons. The van der Waals surface area contributed by atoms with Crippen molar-refractivity contribution in [2.24, 2.45) is 0 Å². The Labute approximate surface area is 121 Å². The van der Waals surface area contributed by atoms with Crippen molar-refractivity contribution in [3.8, 4) is 5.75 Å². The van der Waals surface area contributed by atoms with Gasteiger partial charge in [-0.1, -0.05) is 18.7 Å². The maximum Gasteiger partial charge on any atom is 0.338 e. The molecule has 0 spiro atoms. The molecule has 1 aromatic carbocycles. The fourth-order valence-electron chi connectivity index (χ4n) is 1.48. The van der Waals surface area contributed by atoms with E-state index in [9.17, 15) is 9.59 Å². The van der Waals surface area contributed by atoms with Gasteiger partial charge in [-0.3, -0.25) is 10.1 Å². The van der Waals surface area contributed by atoms with Gasteiger partial charge >= 0.3 is 5.97 Å². The van der Waals surface area contributed by atoms with Gasteiger partial charge in [-0.15, -0.1) is 0 Å². The van der Waals surface area contributed by atoms with E-state index in [1.807, 2.05) is 0 Å². The van der Waals surface area contributed by atoms with Gasteiger partial charge in [0.15, 0.2) is 5.11 Å². The number of nitrogens with one attached hydrogen (secondary N) is 2. The zero-order valence-corrected chi connectivity index (χ0v) is 11.5. The highest BCUT2D eigenvalue weighted by Gasteiger charge is 2.19. The molecule has 0 aromatic heterocycles. The summed E-state index contributed by atoms with van der Waals surface area (Å²) in [6.07, 6.45) is 1.65. The summed E-state index contributed by atoms with van der Waals surface area (Å²) < 4.78 is 5.06. The molecule has 0 saturated carbocycles. The van der Waals surface area contributed by atoms with Crippen molar-refractivity contribution in [2.45, 2.75) is 6.92 Å². The highest BCUT2D eigenvalue weighted by Crippen LogP contribution is 2.16. The van der Waals surface area contributed by atoms with E-state index in [-0.39, 0.29) is 11.0 Å². The SMILES string of the molecule is C=C(C)C(=O)Oc1ccc(/C=C2/NC(=S)NC2=O)cc1. The third kappa shape index (κ3) is 3.30. The number of thiocarbonyl (C=S) groups is 1. The molecule has 5 nitrogen and oxygen atoms in total. The van der Waals surface area contributed by atoms with Gasteiger partial charge in [0.1, 0.15) is 11.4 Å². The molecule has 0 atom stereocenters. The first-order valence-electron chi connectivity index (χ1n) is 5.77. The average Bonchev–Trinajstić information content (AvgIpc) is 2.70. The number of benzene rings is 1. The Balaban J connectivity index is 2.11. The second-order valence-electron chi connectivity index (χ2n) is 4.21. The van der Waals surface area contributed by atoms with Crippen LogP contribution in [0, 0.1) is 0 Å². The van der Waals surface area contributed by atoms with Crippen molar-refractivity contribution >= 4 is 35.3 Å². The number of hydrogen-bond acceptors (Lipinski definition) is 4. The Morgan fingerprint density at radius 3 is 2.45 bits per heavy atom. The molecule has 1 saturated heterocycles. The van der Waals surface area contributed by atoms with E-state index in [1.165, 1.54) is 0 Å². The summed E-state index contributed by atoms with van der Waals surface area (Å²) in [5, 5.41) is 5.51. The zero-order chi connectivity index (χ0) is 14.7. The molecule has 2 N–H and O–H groups in total. The topological polar surface area (TPSA) is 67.4 Å². The number of rotatable bonds is 3. The first kappa shape index (κ1) is 14.0. The van der Waals surface area contributed by atoms with Gasteiger partial charge in [0.2, 0.25) is 0 Å². The third-order valence-corrected chi connectivity index (χ3v) is 2.67. The largest absolute Gasteiger partial charge is 0.423 e. The average molecular weight is 288 g/mol. The Morgan fingerprint density at radius 2 is 1.95 bits per heavy atom. The lowest BCUT2D eigenvalue weighted by molar-refractivity contribution is -0.130. The Kier molecular flexibility index (Phi) is 3.95. The maximum absolute atomic E-state index is 11.5. The van der Waals surface area contributed by atoms with E-state index in [0.29, 0.717) is 17.0 Å². The minimum absolute atomic E-state index is 0.271. The molecule has 1 heterocycles. The summed E-state index contributed by atoms with van der Waals surface area (Å²) in [6.45, 7) is 5.08. The van der Waals surface area contributed by atoms with Crippen molar-refractivity contribution in [1.29, 1.82) is 0 Å². The smallest absolute Gasteiger partial charge is 0.338 e. The van der Waals surface area contributed by atoms with Crippen LogP contribution in [0.2, 0.25) is 0 Å². The van der Waals surface area contributed by atoms with Crippen molar-refractivity contribution < 1.29 is 14.3 Å². The number of ether oxygens (including phenoxy) is 1. The minimum Gasteiger partial charge on any atom is -0.423 e. The molecule has 0 unspecified atom stereocenters. The van der Waals surface area contributed by atoms with Crippen LogP contribution < -0.4 is 15.4 Å². The van der Waals surface area contributed by atoms with Gasteiger partial charge in [-0.05, 0) is 42.9 Å². The normalized spacial score (nSPS) is 15.8. The molecule has 6 heteroatoms. The van der Waals surface area contributed by atoms with E-state index in [0.717, 1.165) is 5.56 Å². The molecular formula is C14H12N2O3S. The van der Waals surface area contributed by atoms with Gasteiger partial charge in [0, 0.05) is 5.57 Å². The van der Waals surface area contributed by atoms with Crippen LogP contribution in [0.3, 0.4) is 0 Å². The van der Waals surface area contributed by atoms with Gasteiger partial charge in [0.25, 0.3) is 5.91 Å². The summed E-state index contributed by atoms with van der Waals surface area (Å²) >= 11 is 4.83. The van der Waals surface area contributed by atoms with E-state index in [4.69, 9.17) is 17.0 Å². The van der Waals surface area contributed by atoms with E-state index < -0.39 is 5.97 Å². The Hall–Kier alpha value is -2.47. The van der Waals surface area contributed by atoms with Crippen LogP contribution in [0.4, 0.5) is 0 Å². The second-order valence-corrected chi connectivity index (χ2v) is 4.61. The minimum atomic E-state index is -0.474. The van der Waals surface area contributed by atoms with Crippen LogP contribution in [-0.4, -0.2) is 17.0 Å². The molecule has 0 aliphatic carbocycles. The van der Waals surface area contributed by atoms with Gasteiger partial charge < -0.3 is 10.1 Å². The van der Waals surface area contributed by atoms with Crippen molar-refractivity contribution in [3.05, 3.63) is 47.7 Å². The molecule has 20 heavy (non-hydrogen) atoms. The summed E-state index contributed by atoms with van der Waals surface area (Å²) in [7, 11) is 0. The fourth-order valence-corrected chi connectivity index (χ4v) is 1.68. The molecule has 1 amide bonds. The van der Waals surface area contributed by atoms with E-state index in [2.05, 4.69) is 17.2 Å². The van der Waals surface area contributed by atoms with E-state index >= 15 is 0 Å². The van der Waals surface area contributed by atoms with Crippen molar-refractivity contribution in [1.82, 2.24) is 10.6 Å². The summed E-state index contributed by atoms with van der Waals surface area (Å²) in [4.78, 5) is 22.8. The first-order valence-corrected chi connectivity index (χ1v) is 6.18. The lowest BCUT2D eigenvalue weighted by atomic mass is 10.2. The number of carbonyl (C=O) groups excluding carboxylic acids is 2. The first-order chi connectivity index (χ1) is 9.45. The van der Waals surface area contributed by atoms with Crippen molar-refractivity contribution in [2.75, 3.05) is 0 Å². The monoisotopic (exact) mass is 288 g/mol. The molecule has 1 aromatic rings. The van der Waals surface area contributed by atoms with Crippen molar-refractivity contribution in [3.63, 3.8) is 0 Å².